The molecule has 0 aromatic carbocycles. The number of urea groups is 1. The second kappa shape index (κ2) is 5.94. The highest BCUT2D eigenvalue weighted by Crippen LogP contribution is 2.09. The van der Waals surface area contributed by atoms with Crippen LogP contribution in [0.25, 0.3) is 0 Å². The number of rotatable bonds is 3. The molecule has 2 N–H and O–H groups in total. The summed E-state index contributed by atoms with van der Waals surface area (Å²) in [4.78, 5) is 24.2. The number of carboxylic acids is 1. The topological polar surface area (TPSA) is 69.6 Å². The number of carbonyl (C=O) groups excluding carboxylic acids is 1. The molecule has 1 rings (SSSR count). The molecule has 0 radical (unpaired) electrons. The van der Waals surface area contributed by atoms with Gasteiger partial charge in [-0.3, -0.25) is 0 Å². The Labute approximate surface area is 100 Å². The first-order valence-electron chi connectivity index (χ1n) is 5.42. The summed E-state index contributed by atoms with van der Waals surface area (Å²) in [5.74, 6) is 1.13. The zero-order valence-electron chi connectivity index (χ0n) is 9.77. The molecule has 5 nitrogen and oxygen atoms in total. The number of amides is 2. The van der Waals surface area contributed by atoms with Crippen molar-refractivity contribution in [2.45, 2.75) is 25.8 Å². The van der Waals surface area contributed by atoms with Gasteiger partial charge in [0.05, 0.1) is 0 Å². The molecule has 0 fully saturated rings. The van der Waals surface area contributed by atoms with E-state index in [0.29, 0.717) is 13.1 Å². The molecule has 5 heteroatoms. The molecule has 17 heavy (non-hydrogen) atoms. The summed E-state index contributed by atoms with van der Waals surface area (Å²) in [6, 6.07) is -1.39. The second-order valence-electron chi connectivity index (χ2n) is 4.01. The zero-order valence-corrected chi connectivity index (χ0v) is 9.77. The Balaban J connectivity index is 2.56. The summed E-state index contributed by atoms with van der Waals surface area (Å²) in [5, 5.41) is 11.3. The molecule has 1 atom stereocenters. The maximum atomic E-state index is 11.8. The van der Waals surface area contributed by atoms with Gasteiger partial charge in [0.2, 0.25) is 0 Å². The number of carboxylic acid groups (broad SMARTS) is 1. The summed E-state index contributed by atoms with van der Waals surface area (Å²) in [6.45, 7) is 3.08. The van der Waals surface area contributed by atoms with Gasteiger partial charge in [-0.15, -0.1) is 12.3 Å². The van der Waals surface area contributed by atoms with Gasteiger partial charge in [-0.25, -0.2) is 9.59 Å². The number of nitrogens with one attached hydrogen (secondary N) is 1. The average molecular weight is 236 g/mol. The summed E-state index contributed by atoms with van der Waals surface area (Å²) in [6.07, 6.45) is 7.91. The monoisotopic (exact) mass is 236 g/mol. The van der Waals surface area contributed by atoms with Crippen LogP contribution in [-0.4, -0.2) is 41.1 Å². The van der Waals surface area contributed by atoms with E-state index < -0.39 is 12.0 Å². The molecule has 1 aliphatic rings. The largest absolute Gasteiger partial charge is 0.480 e. The van der Waals surface area contributed by atoms with Crippen molar-refractivity contribution in [3.8, 4) is 12.3 Å². The third-order valence-corrected chi connectivity index (χ3v) is 2.54. The Morgan fingerprint density at radius 1 is 1.71 bits per heavy atom. The lowest BCUT2D eigenvalue weighted by atomic mass is 10.1. The Morgan fingerprint density at radius 2 is 2.41 bits per heavy atom. The third kappa shape index (κ3) is 3.83. The highest BCUT2D eigenvalue weighted by molar-refractivity contribution is 5.83. The molecule has 0 saturated heterocycles. The molecule has 0 bridgehead atoms. The number of terminal acetylenes is 1. The minimum atomic E-state index is -1.11. The van der Waals surface area contributed by atoms with Gasteiger partial charge in [-0.1, -0.05) is 11.6 Å². The van der Waals surface area contributed by atoms with E-state index in [1.165, 1.54) is 0 Å². The quantitative estimate of drug-likeness (QED) is 0.563. The fraction of sp³-hybridized carbons (Fsp3) is 0.500. The lowest BCUT2D eigenvalue weighted by Crippen LogP contribution is -2.49. The van der Waals surface area contributed by atoms with Crippen LogP contribution in [0, 0.1) is 12.3 Å². The summed E-state index contributed by atoms with van der Waals surface area (Å²) in [5.41, 5.74) is 1.11. The van der Waals surface area contributed by atoms with Crippen LogP contribution >= 0.6 is 0 Å². The molecule has 0 aromatic rings. The number of carbonyl (C=O) groups is 2. The Hall–Kier alpha value is -1.96. The minimum absolute atomic E-state index is 0.0102. The van der Waals surface area contributed by atoms with Gasteiger partial charge in [-0.05, 0) is 13.3 Å². The molecule has 1 unspecified atom stereocenters. The van der Waals surface area contributed by atoms with Crippen LogP contribution in [-0.2, 0) is 4.79 Å². The molecule has 0 aliphatic carbocycles. The fourth-order valence-electron chi connectivity index (χ4n) is 1.64. The first kappa shape index (κ1) is 13.1. The summed E-state index contributed by atoms with van der Waals surface area (Å²) >= 11 is 0. The van der Waals surface area contributed by atoms with E-state index in [0.717, 1.165) is 12.0 Å². The smallest absolute Gasteiger partial charge is 0.327 e. The van der Waals surface area contributed by atoms with E-state index in [1.807, 2.05) is 6.92 Å². The molecular weight excluding hydrogens is 220 g/mol. The molecular formula is C12H16N2O3. The van der Waals surface area contributed by atoms with Crippen LogP contribution in [0.15, 0.2) is 11.6 Å². The van der Waals surface area contributed by atoms with E-state index in [2.05, 4.69) is 17.3 Å². The highest BCUT2D eigenvalue weighted by Gasteiger charge is 2.23. The van der Waals surface area contributed by atoms with Crippen molar-refractivity contribution in [2.75, 3.05) is 13.1 Å². The molecule has 0 aromatic heterocycles. The minimum Gasteiger partial charge on any atom is -0.480 e. The van der Waals surface area contributed by atoms with Crippen LogP contribution in [0.1, 0.15) is 19.8 Å². The average Bonchev–Trinajstić information content (AvgIpc) is 2.28. The van der Waals surface area contributed by atoms with Gasteiger partial charge in [0.15, 0.2) is 0 Å². The van der Waals surface area contributed by atoms with Crippen LogP contribution in [0.4, 0.5) is 4.79 Å². The number of hydrogen-bond acceptors (Lipinski definition) is 2. The lowest BCUT2D eigenvalue weighted by molar-refractivity contribution is -0.139. The second-order valence-corrected chi connectivity index (χ2v) is 4.01. The van der Waals surface area contributed by atoms with Crippen molar-refractivity contribution < 1.29 is 14.7 Å². The Morgan fingerprint density at radius 3 is 2.94 bits per heavy atom. The molecule has 2 amide bonds. The number of hydrogen-bond donors (Lipinski definition) is 2. The summed E-state index contributed by atoms with van der Waals surface area (Å²) in [7, 11) is 0. The van der Waals surface area contributed by atoms with E-state index >= 15 is 0 Å². The van der Waals surface area contributed by atoms with Gasteiger partial charge >= 0.3 is 12.0 Å². The van der Waals surface area contributed by atoms with Crippen LogP contribution in [0.5, 0.6) is 0 Å². The summed E-state index contributed by atoms with van der Waals surface area (Å²) < 4.78 is 0. The van der Waals surface area contributed by atoms with Gasteiger partial charge in [-0.2, -0.15) is 0 Å². The van der Waals surface area contributed by atoms with Gasteiger partial charge < -0.3 is 15.3 Å². The first-order valence-corrected chi connectivity index (χ1v) is 5.42. The molecule has 1 aliphatic heterocycles. The van der Waals surface area contributed by atoms with Crippen molar-refractivity contribution in [3.63, 3.8) is 0 Å². The highest BCUT2D eigenvalue weighted by atomic mass is 16.4. The number of nitrogens with zero attached hydrogens (tertiary/aromatic N) is 1. The van der Waals surface area contributed by atoms with Crippen LogP contribution < -0.4 is 5.32 Å². The van der Waals surface area contributed by atoms with Crippen molar-refractivity contribution in [1.82, 2.24) is 10.2 Å². The Bertz CT molecular complexity index is 382. The molecule has 0 saturated carbocycles. The molecule has 1 heterocycles. The molecule has 92 valence electrons. The maximum absolute atomic E-state index is 11.8. The van der Waals surface area contributed by atoms with E-state index in [4.69, 9.17) is 11.5 Å². The van der Waals surface area contributed by atoms with Gasteiger partial charge in [0, 0.05) is 19.5 Å². The number of aliphatic carboxylic acids is 1. The lowest BCUT2D eigenvalue weighted by Gasteiger charge is -2.27. The van der Waals surface area contributed by atoms with Gasteiger partial charge in [0.1, 0.15) is 6.04 Å². The van der Waals surface area contributed by atoms with Crippen LogP contribution in [0.3, 0.4) is 0 Å². The predicted octanol–water partition coefficient (Wildman–Crippen LogP) is 0.825. The third-order valence-electron chi connectivity index (χ3n) is 2.54. The van der Waals surface area contributed by atoms with E-state index in [-0.39, 0.29) is 12.5 Å². The van der Waals surface area contributed by atoms with Crippen LogP contribution in [0.2, 0.25) is 0 Å². The maximum Gasteiger partial charge on any atom is 0.327 e. The van der Waals surface area contributed by atoms with Crippen molar-refractivity contribution >= 4 is 12.0 Å². The van der Waals surface area contributed by atoms with Gasteiger partial charge in [0.25, 0.3) is 0 Å². The van der Waals surface area contributed by atoms with E-state index in [9.17, 15) is 9.59 Å². The van der Waals surface area contributed by atoms with Crippen molar-refractivity contribution in [2.24, 2.45) is 0 Å². The van der Waals surface area contributed by atoms with Crippen molar-refractivity contribution in [1.29, 1.82) is 0 Å². The fourth-order valence-corrected chi connectivity index (χ4v) is 1.64. The zero-order chi connectivity index (χ0) is 12.8. The van der Waals surface area contributed by atoms with Crippen molar-refractivity contribution in [3.05, 3.63) is 11.6 Å². The van der Waals surface area contributed by atoms with E-state index in [1.54, 1.807) is 4.90 Å². The first-order chi connectivity index (χ1) is 8.04. The predicted molar refractivity (Wildman–Crippen MR) is 63.4 cm³/mol. The Kier molecular flexibility index (Phi) is 4.58. The normalized spacial score (nSPS) is 16.7. The SMILES string of the molecule is C#CCC(NC(=O)N1CCC=C(C)C1)C(=O)O. The molecule has 0 spiro atoms. The standard InChI is InChI=1S/C12H16N2O3/c1-3-5-10(11(15)16)13-12(17)14-7-4-6-9(2)8-14/h1,6,10H,4-5,7-8H2,2H3,(H,13,17)(H,15,16).